The Morgan fingerprint density at radius 3 is 1.32 bits per heavy atom. The van der Waals surface area contributed by atoms with E-state index in [0.29, 0.717) is 13.0 Å². The third kappa shape index (κ3) is 32.4. The van der Waals surface area contributed by atoms with E-state index >= 15 is 0 Å². The van der Waals surface area contributed by atoms with E-state index in [1.165, 1.54) is 103 Å². The molecule has 0 spiro atoms. The van der Waals surface area contributed by atoms with Crippen LogP contribution in [0.4, 0.5) is 0 Å². The second-order valence-electron chi connectivity index (χ2n) is 10.4. The largest absolute Gasteiger partial charge is 0.466 e. The Balaban J connectivity index is 3.36. The Morgan fingerprint density at radius 1 is 0.459 bits per heavy atom. The maximum atomic E-state index is 11.9. The lowest BCUT2D eigenvalue weighted by Crippen LogP contribution is -2.05. The molecule has 0 unspecified atom stereocenters. The number of allylic oxidation sites excluding steroid dienone is 8. The molecule has 214 valence electrons. The first-order valence-corrected chi connectivity index (χ1v) is 16.1. The number of carbonyl (C=O) groups excluding carboxylic acids is 1. The Kier molecular flexibility index (Phi) is 31.1. The number of rotatable bonds is 28. The molecule has 0 saturated heterocycles. The second kappa shape index (κ2) is 32.5. The van der Waals surface area contributed by atoms with Gasteiger partial charge in [-0.05, 0) is 51.4 Å². The van der Waals surface area contributed by atoms with E-state index in [0.717, 1.165) is 38.5 Å². The molecule has 0 fully saturated rings. The average molecular weight is 515 g/mol. The van der Waals surface area contributed by atoms with E-state index in [4.69, 9.17) is 4.74 Å². The van der Waals surface area contributed by atoms with Gasteiger partial charge in [0.1, 0.15) is 0 Å². The molecule has 0 saturated carbocycles. The number of unbranched alkanes of at least 4 members (excludes halogenated alkanes) is 16. The predicted molar refractivity (Wildman–Crippen MR) is 165 cm³/mol. The minimum absolute atomic E-state index is 0.0326. The summed E-state index contributed by atoms with van der Waals surface area (Å²) >= 11 is 0. The number of hydrogen-bond donors (Lipinski definition) is 0. The van der Waals surface area contributed by atoms with Gasteiger partial charge in [0.15, 0.2) is 0 Å². The molecular weight excluding hydrogens is 452 g/mol. The molecule has 2 nitrogen and oxygen atoms in total. The Morgan fingerprint density at radius 2 is 0.838 bits per heavy atom. The van der Waals surface area contributed by atoms with Crippen LogP contribution in [0, 0.1) is 0 Å². The van der Waals surface area contributed by atoms with Crippen LogP contribution in [0.15, 0.2) is 48.6 Å². The van der Waals surface area contributed by atoms with E-state index in [1.54, 1.807) is 0 Å². The fourth-order valence-corrected chi connectivity index (χ4v) is 4.30. The van der Waals surface area contributed by atoms with Gasteiger partial charge in [0.2, 0.25) is 0 Å². The molecule has 0 aliphatic heterocycles. The van der Waals surface area contributed by atoms with Crippen molar-refractivity contribution in [1.82, 2.24) is 0 Å². The first-order chi connectivity index (χ1) is 18.3. The minimum Gasteiger partial charge on any atom is -0.466 e. The molecule has 2 heteroatoms. The zero-order chi connectivity index (χ0) is 26.9. The maximum Gasteiger partial charge on any atom is 0.305 e. The molecule has 0 heterocycles. The third-order valence-electron chi connectivity index (χ3n) is 6.72. The first kappa shape index (κ1) is 35.4. The highest BCUT2D eigenvalue weighted by atomic mass is 16.5. The van der Waals surface area contributed by atoms with Crippen molar-refractivity contribution in [2.45, 2.75) is 162 Å². The number of esters is 1. The van der Waals surface area contributed by atoms with Crippen LogP contribution in [-0.4, -0.2) is 12.6 Å². The summed E-state index contributed by atoms with van der Waals surface area (Å²) in [4.78, 5) is 11.9. The van der Waals surface area contributed by atoms with Crippen molar-refractivity contribution in [2.24, 2.45) is 0 Å². The highest BCUT2D eigenvalue weighted by molar-refractivity contribution is 5.69. The summed E-state index contributed by atoms with van der Waals surface area (Å²) in [5.41, 5.74) is 0. The average Bonchev–Trinajstić information content (AvgIpc) is 2.90. The van der Waals surface area contributed by atoms with Crippen molar-refractivity contribution >= 4 is 5.97 Å². The van der Waals surface area contributed by atoms with Gasteiger partial charge in [0.05, 0.1) is 6.61 Å². The molecule has 0 aliphatic rings. The monoisotopic (exact) mass is 514 g/mol. The molecule has 0 aromatic rings. The summed E-state index contributed by atoms with van der Waals surface area (Å²) < 4.78 is 5.39. The molecule has 0 rings (SSSR count). The van der Waals surface area contributed by atoms with Crippen molar-refractivity contribution in [3.8, 4) is 0 Å². The van der Waals surface area contributed by atoms with Gasteiger partial charge >= 0.3 is 5.97 Å². The fourth-order valence-electron chi connectivity index (χ4n) is 4.30. The van der Waals surface area contributed by atoms with Crippen LogP contribution in [0.2, 0.25) is 0 Å². The highest BCUT2D eigenvalue weighted by Gasteiger charge is 2.01. The van der Waals surface area contributed by atoms with Crippen LogP contribution in [0.5, 0.6) is 0 Å². The zero-order valence-electron chi connectivity index (χ0n) is 24.9. The predicted octanol–water partition coefficient (Wildman–Crippen LogP) is 11.8. The highest BCUT2D eigenvalue weighted by Crippen LogP contribution is 2.12. The van der Waals surface area contributed by atoms with Gasteiger partial charge in [-0.2, -0.15) is 0 Å². The zero-order valence-corrected chi connectivity index (χ0v) is 24.9. The van der Waals surface area contributed by atoms with E-state index in [2.05, 4.69) is 62.5 Å². The van der Waals surface area contributed by atoms with Gasteiger partial charge in [-0.1, -0.05) is 152 Å². The lowest BCUT2D eigenvalue weighted by Gasteiger charge is -2.05. The normalized spacial score (nSPS) is 12.2. The first-order valence-electron chi connectivity index (χ1n) is 16.1. The quantitative estimate of drug-likeness (QED) is 0.0589. The maximum absolute atomic E-state index is 11.9. The second-order valence-corrected chi connectivity index (χ2v) is 10.4. The molecule has 37 heavy (non-hydrogen) atoms. The summed E-state index contributed by atoms with van der Waals surface area (Å²) in [6.07, 6.45) is 45.8. The number of ether oxygens (including phenoxy) is 1. The van der Waals surface area contributed by atoms with Crippen molar-refractivity contribution in [2.75, 3.05) is 6.61 Å². The molecule has 0 atom stereocenters. The van der Waals surface area contributed by atoms with Crippen molar-refractivity contribution in [1.29, 1.82) is 0 Å². The lowest BCUT2D eigenvalue weighted by atomic mass is 10.0. The fraction of sp³-hybridized carbons (Fsp3) is 0.743. The molecule has 0 aromatic heterocycles. The Labute approximate surface area is 232 Å². The van der Waals surface area contributed by atoms with E-state index in [9.17, 15) is 4.79 Å². The van der Waals surface area contributed by atoms with Gasteiger partial charge in [-0.15, -0.1) is 0 Å². The van der Waals surface area contributed by atoms with Crippen molar-refractivity contribution < 1.29 is 9.53 Å². The van der Waals surface area contributed by atoms with Gasteiger partial charge in [-0.3, -0.25) is 4.79 Å². The molecule has 0 aromatic carbocycles. The molecule has 0 radical (unpaired) electrons. The molecule has 0 amide bonds. The van der Waals surface area contributed by atoms with Gasteiger partial charge < -0.3 is 4.74 Å². The summed E-state index contributed by atoms with van der Waals surface area (Å²) in [5, 5.41) is 0. The number of carbonyl (C=O) groups is 1. The van der Waals surface area contributed by atoms with Crippen molar-refractivity contribution in [3.05, 3.63) is 48.6 Å². The Bertz CT molecular complexity index is 570. The van der Waals surface area contributed by atoms with Gasteiger partial charge in [0.25, 0.3) is 0 Å². The standard InChI is InChI=1S/C35H62O2/c1-3-5-7-9-11-13-15-17-18-19-20-21-23-25-27-29-31-33-35(36)37-34-32-30-28-26-24-22-16-14-12-10-8-6-4-2/h11,13,17-18,20-21,25,27H,3-10,12,14-16,19,22-24,26,28-34H2,1-2H3. The van der Waals surface area contributed by atoms with E-state index < -0.39 is 0 Å². The molecule has 0 aliphatic carbocycles. The SMILES string of the molecule is CCCCCC=CCC=CCC=CCC=CCCCC(=O)OCCCCCCCCCCCCCCC. The van der Waals surface area contributed by atoms with Crippen LogP contribution in [-0.2, 0) is 9.53 Å². The minimum atomic E-state index is -0.0326. The van der Waals surface area contributed by atoms with Crippen LogP contribution < -0.4 is 0 Å². The summed E-state index contributed by atoms with van der Waals surface area (Å²) in [6.45, 7) is 5.12. The Hall–Kier alpha value is -1.57. The summed E-state index contributed by atoms with van der Waals surface area (Å²) in [6, 6.07) is 0. The van der Waals surface area contributed by atoms with Crippen LogP contribution >= 0.6 is 0 Å². The third-order valence-corrected chi connectivity index (χ3v) is 6.72. The number of hydrogen-bond acceptors (Lipinski definition) is 2. The van der Waals surface area contributed by atoms with Crippen LogP contribution in [0.1, 0.15) is 162 Å². The topological polar surface area (TPSA) is 26.3 Å². The summed E-state index contributed by atoms with van der Waals surface area (Å²) in [7, 11) is 0. The van der Waals surface area contributed by atoms with Gasteiger partial charge in [-0.25, -0.2) is 0 Å². The molecule has 0 N–H and O–H groups in total. The van der Waals surface area contributed by atoms with Crippen molar-refractivity contribution in [3.63, 3.8) is 0 Å². The van der Waals surface area contributed by atoms with Crippen LogP contribution in [0.3, 0.4) is 0 Å². The molecule has 0 bridgehead atoms. The smallest absolute Gasteiger partial charge is 0.305 e. The van der Waals surface area contributed by atoms with Crippen LogP contribution in [0.25, 0.3) is 0 Å². The summed E-state index contributed by atoms with van der Waals surface area (Å²) in [5.74, 6) is -0.0326. The van der Waals surface area contributed by atoms with Gasteiger partial charge in [0, 0.05) is 6.42 Å². The van der Waals surface area contributed by atoms with E-state index in [-0.39, 0.29) is 5.97 Å². The molecular formula is C35H62O2. The van der Waals surface area contributed by atoms with E-state index in [1.807, 2.05) is 0 Å². The lowest BCUT2D eigenvalue weighted by molar-refractivity contribution is -0.143.